The summed E-state index contributed by atoms with van der Waals surface area (Å²) in [4.78, 5) is 23.9. The van der Waals surface area contributed by atoms with Gasteiger partial charge in [-0.05, 0) is 24.1 Å². The Balaban J connectivity index is 1.75. The molecule has 25 heavy (non-hydrogen) atoms. The van der Waals surface area contributed by atoms with Crippen molar-refractivity contribution in [1.82, 2.24) is 20.4 Å². The van der Waals surface area contributed by atoms with Crippen molar-refractivity contribution in [3.8, 4) is 11.6 Å². The second-order valence-electron chi connectivity index (χ2n) is 5.36. The first kappa shape index (κ1) is 18.3. The zero-order valence-corrected chi connectivity index (χ0v) is 14.5. The predicted octanol–water partition coefficient (Wildman–Crippen LogP) is 0.526. The molecule has 1 heterocycles. The van der Waals surface area contributed by atoms with Crippen molar-refractivity contribution in [2.75, 3.05) is 27.3 Å². The highest BCUT2D eigenvalue weighted by molar-refractivity contribution is 5.98. The number of aryl methyl sites for hydroxylation is 1. The third kappa shape index (κ3) is 5.23. The second-order valence-corrected chi connectivity index (χ2v) is 5.36. The zero-order chi connectivity index (χ0) is 18.2. The predicted molar refractivity (Wildman–Crippen MR) is 91.8 cm³/mol. The number of hydrogen-bond acceptors (Lipinski definition) is 5. The lowest BCUT2D eigenvalue weighted by molar-refractivity contribution is -0.120. The Morgan fingerprint density at radius 1 is 1.20 bits per heavy atom. The molecule has 0 unspecified atom stereocenters. The molecule has 0 bridgehead atoms. The molecular formula is C17H22N4O4. The zero-order valence-electron chi connectivity index (χ0n) is 14.5. The molecule has 0 fully saturated rings. The molecule has 1 aromatic carbocycles. The lowest BCUT2D eigenvalue weighted by Crippen LogP contribution is -2.37. The van der Waals surface area contributed by atoms with E-state index in [2.05, 4.69) is 15.7 Å². The summed E-state index contributed by atoms with van der Waals surface area (Å²) in [5.41, 5.74) is 1.35. The molecular weight excluding hydrogens is 324 g/mol. The fraction of sp³-hybridized carbons (Fsp3) is 0.353. The first-order valence-electron chi connectivity index (χ1n) is 7.79. The molecule has 2 aromatic rings. The molecule has 2 N–H and O–H groups in total. The highest BCUT2D eigenvalue weighted by atomic mass is 16.5. The largest absolute Gasteiger partial charge is 0.497 e. The lowest BCUT2D eigenvalue weighted by Gasteiger charge is -2.08. The third-order valence-electron chi connectivity index (χ3n) is 3.51. The number of hydrogen-bond donors (Lipinski definition) is 2. The summed E-state index contributed by atoms with van der Waals surface area (Å²) in [7, 11) is 4.73. The molecule has 0 saturated carbocycles. The molecule has 8 nitrogen and oxygen atoms in total. The Labute approximate surface area is 146 Å². The van der Waals surface area contributed by atoms with Gasteiger partial charge < -0.3 is 20.1 Å². The van der Waals surface area contributed by atoms with Crippen LogP contribution in [0.2, 0.25) is 0 Å². The van der Waals surface area contributed by atoms with Crippen LogP contribution in [0.25, 0.3) is 0 Å². The highest BCUT2D eigenvalue weighted by Gasteiger charge is 2.16. The summed E-state index contributed by atoms with van der Waals surface area (Å²) in [6, 6.07) is 7.65. The lowest BCUT2D eigenvalue weighted by atomic mass is 10.1. The van der Waals surface area contributed by atoms with E-state index in [-0.39, 0.29) is 23.9 Å². The number of aromatic nitrogens is 2. The van der Waals surface area contributed by atoms with Crippen molar-refractivity contribution in [3.63, 3.8) is 0 Å². The maximum atomic E-state index is 12.1. The molecule has 8 heteroatoms. The van der Waals surface area contributed by atoms with Crippen LogP contribution < -0.4 is 20.1 Å². The second kappa shape index (κ2) is 8.72. The molecule has 0 aliphatic heterocycles. The van der Waals surface area contributed by atoms with Crippen LogP contribution in [0, 0.1) is 0 Å². The van der Waals surface area contributed by atoms with E-state index in [4.69, 9.17) is 9.47 Å². The average molecular weight is 346 g/mol. The molecule has 134 valence electrons. The summed E-state index contributed by atoms with van der Waals surface area (Å²) >= 11 is 0. The molecule has 0 aliphatic carbocycles. The van der Waals surface area contributed by atoms with Gasteiger partial charge in [0.25, 0.3) is 5.91 Å². The van der Waals surface area contributed by atoms with E-state index in [0.717, 1.165) is 11.3 Å². The van der Waals surface area contributed by atoms with Crippen LogP contribution in [0.15, 0.2) is 30.5 Å². The minimum Gasteiger partial charge on any atom is -0.497 e. The van der Waals surface area contributed by atoms with E-state index in [1.165, 1.54) is 18.0 Å². The van der Waals surface area contributed by atoms with Crippen molar-refractivity contribution >= 4 is 11.8 Å². The van der Waals surface area contributed by atoms with Gasteiger partial charge in [-0.1, -0.05) is 12.1 Å². The van der Waals surface area contributed by atoms with E-state index >= 15 is 0 Å². The van der Waals surface area contributed by atoms with Gasteiger partial charge in [0.2, 0.25) is 11.8 Å². The first-order chi connectivity index (χ1) is 12.0. The van der Waals surface area contributed by atoms with Crippen LogP contribution >= 0.6 is 0 Å². The van der Waals surface area contributed by atoms with Crippen LogP contribution in [-0.2, 0) is 18.3 Å². The van der Waals surface area contributed by atoms with Crippen LogP contribution in [-0.4, -0.2) is 48.9 Å². The smallest absolute Gasteiger partial charge is 0.258 e. The Kier molecular flexibility index (Phi) is 6.39. The minimum absolute atomic E-state index is 0.116. The Bertz CT molecular complexity index is 742. The summed E-state index contributed by atoms with van der Waals surface area (Å²) < 4.78 is 11.7. The standard InChI is InChI=1S/C17H22N4O4/c1-21-11-14(17(20-21)25-3)16(23)19-10-15(22)18-8-7-12-5-4-6-13(9-12)24-2/h4-6,9,11H,7-8,10H2,1-3H3,(H,18,22)(H,19,23). The monoisotopic (exact) mass is 346 g/mol. The van der Waals surface area contributed by atoms with Crippen molar-refractivity contribution in [1.29, 1.82) is 0 Å². The van der Waals surface area contributed by atoms with Crippen molar-refractivity contribution in [2.24, 2.45) is 7.05 Å². The fourth-order valence-electron chi connectivity index (χ4n) is 2.27. The van der Waals surface area contributed by atoms with Crippen LogP contribution in [0.5, 0.6) is 11.6 Å². The highest BCUT2D eigenvalue weighted by Crippen LogP contribution is 2.14. The summed E-state index contributed by atoms with van der Waals surface area (Å²) in [6.45, 7) is 0.354. The number of rotatable bonds is 8. The average Bonchev–Trinajstić information content (AvgIpc) is 3.01. The van der Waals surface area contributed by atoms with E-state index in [9.17, 15) is 9.59 Å². The quantitative estimate of drug-likeness (QED) is 0.727. The normalized spacial score (nSPS) is 10.2. The van der Waals surface area contributed by atoms with Gasteiger partial charge in [0, 0.05) is 19.8 Å². The Morgan fingerprint density at radius 3 is 2.72 bits per heavy atom. The van der Waals surface area contributed by atoms with Crippen molar-refractivity contribution in [2.45, 2.75) is 6.42 Å². The van der Waals surface area contributed by atoms with Crippen molar-refractivity contribution in [3.05, 3.63) is 41.6 Å². The van der Waals surface area contributed by atoms with E-state index in [1.54, 1.807) is 14.2 Å². The van der Waals surface area contributed by atoms with Gasteiger partial charge in [-0.15, -0.1) is 5.10 Å². The van der Waals surface area contributed by atoms with Gasteiger partial charge in [-0.3, -0.25) is 14.3 Å². The SMILES string of the molecule is COc1cccc(CCNC(=O)CNC(=O)c2cn(C)nc2OC)c1. The van der Waals surface area contributed by atoms with E-state index in [1.807, 2.05) is 24.3 Å². The molecule has 2 rings (SSSR count). The number of nitrogens with one attached hydrogen (secondary N) is 2. The van der Waals surface area contributed by atoms with Crippen LogP contribution in [0.1, 0.15) is 15.9 Å². The third-order valence-corrected chi connectivity index (χ3v) is 3.51. The number of benzene rings is 1. The van der Waals surface area contributed by atoms with Gasteiger partial charge in [-0.2, -0.15) is 0 Å². The van der Waals surface area contributed by atoms with Gasteiger partial charge in [-0.25, -0.2) is 0 Å². The number of ether oxygens (including phenoxy) is 2. The van der Waals surface area contributed by atoms with E-state index < -0.39 is 5.91 Å². The Hall–Kier alpha value is -3.03. The molecule has 2 amide bonds. The molecule has 0 atom stereocenters. The molecule has 0 spiro atoms. The summed E-state index contributed by atoms with van der Waals surface area (Å²) in [5, 5.41) is 9.31. The molecule has 0 aliphatic rings. The van der Waals surface area contributed by atoms with E-state index in [0.29, 0.717) is 13.0 Å². The fourth-order valence-corrected chi connectivity index (χ4v) is 2.27. The molecule has 0 saturated heterocycles. The van der Waals surface area contributed by atoms with Gasteiger partial charge >= 0.3 is 0 Å². The number of methoxy groups -OCH3 is 2. The van der Waals surface area contributed by atoms with Gasteiger partial charge in [0.15, 0.2) is 0 Å². The summed E-state index contributed by atoms with van der Waals surface area (Å²) in [5.74, 6) is 0.326. The molecule has 0 radical (unpaired) electrons. The maximum absolute atomic E-state index is 12.1. The topological polar surface area (TPSA) is 94.5 Å². The van der Waals surface area contributed by atoms with Crippen LogP contribution in [0.3, 0.4) is 0 Å². The van der Waals surface area contributed by atoms with Crippen molar-refractivity contribution < 1.29 is 19.1 Å². The Morgan fingerprint density at radius 2 is 2.00 bits per heavy atom. The summed E-state index contributed by atoms with van der Waals surface area (Å²) in [6.07, 6.45) is 2.21. The first-order valence-corrected chi connectivity index (χ1v) is 7.79. The number of nitrogens with zero attached hydrogens (tertiary/aromatic N) is 2. The minimum atomic E-state index is -0.409. The number of carbonyl (C=O) groups is 2. The maximum Gasteiger partial charge on any atom is 0.258 e. The number of amides is 2. The van der Waals surface area contributed by atoms with Gasteiger partial charge in [0.1, 0.15) is 11.3 Å². The number of carbonyl (C=O) groups excluding carboxylic acids is 2. The van der Waals surface area contributed by atoms with Gasteiger partial charge in [0.05, 0.1) is 20.8 Å². The molecule has 1 aromatic heterocycles. The van der Waals surface area contributed by atoms with Crippen LogP contribution in [0.4, 0.5) is 0 Å².